The number of hydrogen-bond donors (Lipinski definition) is 1. The van der Waals surface area contributed by atoms with Gasteiger partial charge in [-0.05, 0) is 83.4 Å². The van der Waals surface area contributed by atoms with Gasteiger partial charge in [0.15, 0.2) is 17.9 Å². The van der Waals surface area contributed by atoms with Crippen LogP contribution < -0.4 is 0 Å². The Morgan fingerprint density at radius 2 is 1.88 bits per heavy atom. The Morgan fingerprint density at radius 1 is 1.22 bits per heavy atom. The van der Waals surface area contributed by atoms with E-state index >= 15 is 0 Å². The van der Waals surface area contributed by atoms with Crippen molar-refractivity contribution < 1.29 is 37.9 Å². The van der Waals surface area contributed by atoms with Gasteiger partial charge in [-0.1, -0.05) is 48.5 Å². The average Bonchev–Trinajstić information content (AvgIpc) is 2.92. The van der Waals surface area contributed by atoms with Crippen LogP contribution in [0.25, 0.3) is 0 Å². The molecule has 0 saturated carbocycles. The van der Waals surface area contributed by atoms with Crippen LogP contribution in [0.5, 0.6) is 0 Å². The van der Waals surface area contributed by atoms with Crippen molar-refractivity contribution in [1.82, 2.24) is 0 Å². The van der Waals surface area contributed by atoms with E-state index in [2.05, 4.69) is 13.8 Å². The minimum atomic E-state index is -1.88. The first-order valence-corrected chi connectivity index (χ1v) is 15.9. The third kappa shape index (κ3) is 8.91. The molecular weight excluding hydrogens is 543 g/mol. The standard InChI is InChI=1S/C31H53BO8S/c1-11-24-31(36,15-37-41-16-32)14-19(4)25(33)18(3)13-30(9,10)27(22(7)26(34)23(8)28(35)39-24)40-29-21(6)17(2)12-20(5)38-29/h14,17-18,20-24,27,29,36H,11-13,15-16,32H2,1-10H3/b19-14+/t17-,18+,20+,21+,22-,23+,24+,27+,29?,31+/m0/s1/i32TD. The first-order valence-electron chi connectivity index (χ1n) is 16.1. The van der Waals surface area contributed by atoms with Gasteiger partial charge in [-0.3, -0.25) is 14.4 Å². The molecule has 0 aromatic carbocycles. The molecule has 2 rings (SSSR count). The van der Waals surface area contributed by atoms with Gasteiger partial charge in [-0.2, -0.15) is 0 Å². The number of cyclic esters (lactones) is 1. The van der Waals surface area contributed by atoms with Crippen molar-refractivity contribution >= 4 is 37.4 Å². The highest BCUT2D eigenvalue weighted by molar-refractivity contribution is 7.95. The highest BCUT2D eigenvalue weighted by atomic mass is 32.2. The lowest BCUT2D eigenvalue weighted by Crippen LogP contribution is -2.51. The molecule has 0 aromatic rings. The first kappa shape index (κ1) is 32.7. The van der Waals surface area contributed by atoms with E-state index in [1.165, 1.54) is 13.0 Å². The zero-order valence-electron chi connectivity index (χ0n) is 28.6. The zero-order valence-corrected chi connectivity index (χ0v) is 27.4. The molecule has 234 valence electrons. The molecule has 10 atom stereocenters. The number of carbonyl (C=O) groups is 3. The number of hydrogen-bond acceptors (Lipinski definition) is 9. The van der Waals surface area contributed by atoms with Crippen LogP contribution in [0.3, 0.4) is 0 Å². The van der Waals surface area contributed by atoms with E-state index in [0.717, 1.165) is 18.5 Å². The van der Waals surface area contributed by atoms with Crippen molar-refractivity contribution in [3.05, 3.63) is 11.6 Å². The molecule has 0 bridgehead atoms. The monoisotopic (exact) mass is 599 g/mol. The Hall–Kier alpha value is -1.20. The molecule has 0 radical (unpaired) electrons. The highest BCUT2D eigenvalue weighted by Gasteiger charge is 2.47. The Labute approximate surface area is 255 Å². The molecule has 41 heavy (non-hydrogen) atoms. The minimum Gasteiger partial charge on any atom is -0.458 e. The molecule has 10 heteroatoms. The number of aliphatic hydroxyl groups is 1. The van der Waals surface area contributed by atoms with E-state index in [0.29, 0.717) is 17.9 Å². The van der Waals surface area contributed by atoms with Gasteiger partial charge in [0.1, 0.15) is 25.4 Å². The molecule has 0 spiro atoms. The van der Waals surface area contributed by atoms with E-state index in [1.807, 2.05) is 27.7 Å². The van der Waals surface area contributed by atoms with E-state index in [4.69, 9.17) is 21.1 Å². The van der Waals surface area contributed by atoms with E-state index < -0.39 is 61.0 Å². The molecule has 0 aromatic heterocycles. The van der Waals surface area contributed by atoms with Gasteiger partial charge in [0.2, 0.25) is 0 Å². The fourth-order valence-corrected chi connectivity index (χ4v) is 6.75. The summed E-state index contributed by atoms with van der Waals surface area (Å²) in [6.45, 7) is 18.3. The van der Waals surface area contributed by atoms with Crippen LogP contribution in [0.2, 0.25) is 0 Å². The summed E-state index contributed by atoms with van der Waals surface area (Å²) in [4.78, 5) is 41.0. The lowest BCUT2D eigenvalue weighted by Gasteiger charge is -2.45. The third-order valence-corrected chi connectivity index (χ3v) is 9.32. The lowest BCUT2D eigenvalue weighted by molar-refractivity contribution is -0.267. The number of esters is 1. The van der Waals surface area contributed by atoms with Gasteiger partial charge >= 0.3 is 5.97 Å². The quantitative estimate of drug-likeness (QED) is 0.142. The third-order valence-electron chi connectivity index (χ3n) is 8.89. The number of rotatable bonds is 8. The SMILES string of the molecule is [2H]B([3H])CSOC[C@]1(O)/C=C(\C)C(=O)[C@H](C)CC(C)(C)[C@H](OC2O[C@H](C)C[C@H](C)[C@H]2C)[C@@H](C)C(=O)[C@@H](C)C(=O)O[C@@H]1CC. The second kappa shape index (κ2) is 15.0. The molecule has 1 saturated heterocycles. The fourth-order valence-electron chi connectivity index (χ4n) is 6.38. The highest BCUT2D eigenvalue weighted by Crippen LogP contribution is 2.41. The summed E-state index contributed by atoms with van der Waals surface area (Å²) in [6.07, 6.45) is 0.570. The molecule has 2 heterocycles. The van der Waals surface area contributed by atoms with Gasteiger partial charge in [0.05, 0.1) is 18.8 Å². The Bertz CT molecular complexity index is 1010. The second-order valence-corrected chi connectivity index (χ2v) is 13.8. The van der Waals surface area contributed by atoms with Crippen molar-refractivity contribution in [2.75, 3.05) is 12.3 Å². The summed E-state index contributed by atoms with van der Waals surface area (Å²) < 4.78 is 38.9. The summed E-state index contributed by atoms with van der Waals surface area (Å²) in [5.41, 5.74) is -2.20. The first-order chi connectivity index (χ1) is 19.8. The maximum atomic E-state index is 13.9. The molecule has 8 nitrogen and oxygen atoms in total. The smallest absolute Gasteiger partial charge is 0.316 e. The van der Waals surface area contributed by atoms with E-state index in [9.17, 15) is 19.5 Å². The van der Waals surface area contributed by atoms with Crippen molar-refractivity contribution in [2.45, 2.75) is 119 Å². The topological polar surface area (TPSA) is 108 Å². The normalized spacial score (nSPS) is 41.4. The zero-order chi connectivity index (χ0) is 32.9. The fraction of sp³-hybridized carbons (Fsp3) is 0.839. The van der Waals surface area contributed by atoms with Crippen molar-refractivity contribution in [3.8, 4) is 0 Å². The van der Waals surface area contributed by atoms with Gasteiger partial charge < -0.3 is 23.5 Å². The van der Waals surface area contributed by atoms with Gasteiger partial charge in [0.25, 0.3) is 0 Å². The summed E-state index contributed by atoms with van der Waals surface area (Å²) in [7, 11) is -1.12. The van der Waals surface area contributed by atoms with Gasteiger partial charge in [-0.25, -0.2) is 0 Å². The average molecular weight is 600 g/mol. The van der Waals surface area contributed by atoms with Crippen LogP contribution in [0.15, 0.2) is 11.6 Å². The van der Waals surface area contributed by atoms with Crippen LogP contribution in [0, 0.1) is 35.0 Å². The predicted octanol–water partition coefficient (Wildman–Crippen LogP) is 4.51. The van der Waals surface area contributed by atoms with Crippen LogP contribution >= 0.6 is 12.0 Å². The number of allylic oxidation sites excluding steroid dienone is 1. The molecule has 2 aliphatic heterocycles. The van der Waals surface area contributed by atoms with Crippen LogP contribution in [0.1, 0.15) is 88.5 Å². The van der Waals surface area contributed by atoms with Crippen LogP contribution in [-0.2, 0) is 32.8 Å². The summed E-state index contributed by atoms with van der Waals surface area (Å²) in [5.74, 6) is -3.20. The predicted molar refractivity (Wildman–Crippen MR) is 164 cm³/mol. The summed E-state index contributed by atoms with van der Waals surface area (Å²) in [5, 5.41) is 11.7. The van der Waals surface area contributed by atoms with E-state index in [1.54, 1.807) is 20.8 Å². The number of ketones is 2. The Morgan fingerprint density at radius 3 is 2.49 bits per heavy atom. The maximum absolute atomic E-state index is 13.9. The molecule has 1 fully saturated rings. The molecular formula is C31H53BO8S. The lowest BCUT2D eigenvalue weighted by atomic mass is 9.70. The van der Waals surface area contributed by atoms with Crippen molar-refractivity contribution in [3.63, 3.8) is 0 Å². The van der Waals surface area contributed by atoms with Gasteiger partial charge in [-0.15, -0.1) is 0 Å². The largest absolute Gasteiger partial charge is 0.458 e. The summed E-state index contributed by atoms with van der Waals surface area (Å²) >= 11 is 0.852. The Balaban J connectivity index is 2.54. The molecule has 0 amide bonds. The van der Waals surface area contributed by atoms with Crippen molar-refractivity contribution in [1.29, 1.82) is 2.67 Å². The van der Waals surface area contributed by atoms with Crippen LogP contribution in [0.4, 0.5) is 0 Å². The number of ether oxygens (including phenoxy) is 3. The second-order valence-electron chi connectivity index (χ2n) is 13.0. The molecule has 2 aliphatic rings. The number of Topliss-reactive ketones (excluding diaryl/α,β-unsaturated/α-hetero) is 2. The van der Waals surface area contributed by atoms with Crippen molar-refractivity contribution in [2.24, 2.45) is 35.0 Å². The molecule has 1 unspecified atom stereocenters. The molecule has 1 N–H and O–H groups in total. The maximum Gasteiger partial charge on any atom is 0.316 e. The molecule has 0 aliphatic carbocycles. The van der Waals surface area contributed by atoms with E-state index in [-0.39, 0.29) is 42.3 Å². The van der Waals surface area contributed by atoms with Gasteiger partial charge in [0, 0.05) is 17.8 Å². The van der Waals surface area contributed by atoms with Crippen LogP contribution in [-0.4, -0.2) is 75.5 Å². The minimum absolute atomic E-state index is 0.00139. The summed E-state index contributed by atoms with van der Waals surface area (Å²) in [6, 6.07) is 0. The number of carbonyl (C=O) groups excluding carboxylic acids is 3. The Kier molecular flexibility index (Phi) is 12.0.